The van der Waals surface area contributed by atoms with Crippen LogP contribution >= 0.6 is 27.5 Å². The van der Waals surface area contributed by atoms with E-state index in [1.807, 2.05) is 12.1 Å². The highest BCUT2D eigenvalue weighted by Gasteiger charge is 2.10. The summed E-state index contributed by atoms with van der Waals surface area (Å²) < 4.78 is 2.83. The van der Waals surface area contributed by atoms with Crippen LogP contribution in [0.2, 0.25) is 5.02 Å². The van der Waals surface area contributed by atoms with Crippen LogP contribution in [0.1, 0.15) is 18.9 Å². The van der Waals surface area contributed by atoms with Crippen molar-refractivity contribution in [2.75, 3.05) is 0 Å². The lowest BCUT2D eigenvalue weighted by molar-refractivity contribution is 0.642. The number of halogens is 2. The fourth-order valence-corrected chi connectivity index (χ4v) is 2.35. The van der Waals surface area contributed by atoms with Crippen molar-refractivity contribution >= 4 is 27.5 Å². The number of benzene rings is 1. The van der Waals surface area contributed by atoms with Crippen LogP contribution in [-0.4, -0.2) is 15.8 Å². The van der Waals surface area contributed by atoms with Crippen molar-refractivity contribution in [1.82, 2.24) is 9.78 Å². The predicted octanol–water partition coefficient (Wildman–Crippen LogP) is 3.57. The van der Waals surface area contributed by atoms with Crippen molar-refractivity contribution in [2.45, 2.75) is 25.8 Å². The largest absolute Gasteiger partial charge is 0.327 e. The van der Waals surface area contributed by atoms with E-state index in [-0.39, 0.29) is 6.04 Å². The van der Waals surface area contributed by atoms with Gasteiger partial charge in [0.1, 0.15) is 0 Å². The molecule has 0 aliphatic heterocycles. The molecule has 5 heteroatoms. The van der Waals surface area contributed by atoms with Gasteiger partial charge in [-0.2, -0.15) is 5.10 Å². The van der Waals surface area contributed by atoms with Crippen LogP contribution in [0.5, 0.6) is 0 Å². The maximum absolute atomic E-state index is 6.04. The molecule has 0 amide bonds. The summed E-state index contributed by atoms with van der Waals surface area (Å²) in [5.74, 6) is 0. The molecule has 0 spiro atoms. The Kier molecular flexibility index (Phi) is 4.43. The molecule has 2 aromatic rings. The van der Waals surface area contributed by atoms with E-state index < -0.39 is 0 Å². The Hall–Kier alpha value is -0.840. The van der Waals surface area contributed by atoms with Crippen molar-refractivity contribution in [3.05, 3.63) is 45.7 Å². The highest BCUT2D eigenvalue weighted by molar-refractivity contribution is 9.10. The van der Waals surface area contributed by atoms with Crippen LogP contribution in [-0.2, 0) is 6.42 Å². The molecule has 2 N–H and O–H groups in total. The first-order chi connectivity index (χ1) is 8.60. The average molecular weight is 329 g/mol. The molecule has 2 rings (SSSR count). The minimum Gasteiger partial charge on any atom is -0.327 e. The van der Waals surface area contributed by atoms with Gasteiger partial charge in [0.05, 0.1) is 16.9 Å². The first kappa shape index (κ1) is 13.6. The molecular formula is C13H15BrClN3. The zero-order chi connectivity index (χ0) is 13.1. The standard InChI is InChI=1S/C13H15BrClN3/c1-2-12(16)6-9-5-10(14)3-4-13(9)18-8-11(15)7-17-18/h3-5,7-8,12H,2,6,16H2,1H3. The third-order valence-electron chi connectivity index (χ3n) is 2.85. The van der Waals surface area contributed by atoms with Crippen molar-refractivity contribution in [3.63, 3.8) is 0 Å². The van der Waals surface area contributed by atoms with Gasteiger partial charge < -0.3 is 5.73 Å². The van der Waals surface area contributed by atoms with Crippen LogP contribution in [0.4, 0.5) is 0 Å². The van der Waals surface area contributed by atoms with Gasteiger partial charge in [0.2, 0.25) is 0 Å². The van der Waals surface area contributed by atoms with Gasteiger partial charge in [0.25, 0.3) is 0 Å². The van der Waals surface area contributed by atoms with E-state index in [0.717, 1.165) is 23.0 Å². The van der Waals surface area contributed by atoms with Crippen LogP contribution in [0.3, 0.4) is 0 Å². The normalized spacial score (nSPS) is 12.7. The van der Waals surface area contributed by atoms with E-state index in [1.165, 1.54) is 5.56 Å². The molecule has 0 aliphatic carbocycles. The van der Waals surface area contributed by atoms with Crippen LogP contribution in [0.25, 0.3) is 5.69 Å². The number of nitrogens with zero attached hydrogens (tertiary/aromatic N) is 2. The summed E-state index contributed by atoms with van der Waals surface area (Å²) in [5, 5.41) is 4.87. The zero-order valence-electron chi connectivity index (χ0n) is 10.1. The van der Waals surface area contributed by atoms with Gasteiger partial charge >= 0.3 is 0 Å². The molecule has 0 aliphatic rings. The molecule has 0 saturated carbocycles. The van der Waals surface area contributed by atoms with Crippen LogP contribution < -0.4 is 5.73 Å². The van der Waals surface area contributed by atoms with Gasteiger partial charge in [-0.1, -0.05) is 34.5 Å². The summed E-state index contributed by atoms with van der Waals surface area (Å²) in [5.41, 5.74) is 8.22. The quantitative estimate of drug-likeness (QED) is 0.932. The number of aromatic nitrogens is 2. The van der Waals surface area contributed by atoms with Crippen LogP contribution in [0.15, 0.2) is 35.1 Å². The molecule has 0 saturated heterocycles. The highest BCUT2D eigenvalue weighted by atomic mass is 79.9. The Balaban J connectivity index is 2.40. The first-order valence-corrected chi connectivity index (χ1v) is 7.01. The molecule has 96 valence electrons. The first-order valence-electron chi connectivity index (χ1n) is 5.84. The number of rotatable bonds is 4. The van der Waals surface area contributed by atoms with Gasteiger partial charge in [-0.3, -0.25) is 0 Å². The Morgan fingerprint density at radius 2 is 2.28 bits per heavy atom. The molecule has 1 atom stereocenters. The predicted molar refractivity (Wildman–Crippen MR) is 78.2 cm³/mol. The fraction of sp³-hybridized carbons (Fsp3) is 0.308. The molecular weight excluding hydrogens is 314 g/mol. The van der Waals surface area contributed by atoms with E-state index >= 15 is 0 Å². The number of hydrogen-bond donors (Lipinski definition) is 1. The topological polar surface area (TPSA) is 43.8 Å². The van der Waals surface area contributed by atoms with E-state index in [0.29, 0.717) is 5.02 Å². The third-order valence-corrected chi connectivity index (χ3v) is 3.53. The zero-order valence-corrected chi connectivity index (χ0v) is 12.4. The molecule has 18 heavy (non-hydrogen) atoms. The Morgan fingerprint density at radius 3 is 2.89 bits per heavy atom. The van der Waals surface area contributed by atoms with Gasteiger partial charge in [-0.25, -0.2) is 4.68 Å². The van der Waals surface area contributed by atoms with Gasteiger partial charge in [-0.05, 0) is 36.6 Å². The van der Waals surface area contributed by atoms with Crippen LogP contribution in [0, 0.1) is 0 Å². The molecule has 3 nitrogen and oxygen atoms in total. The fourth-order valence-electron chi connectivity index (χ4n) is 1.80. The van der Waals surface area contributed by atoms with Gasteiger partial charge in [0.15, 0.2) is 0 Å². The number of nitrogens with two attached hydrogens (primary N) is 1. The van der Waals surface area contributed by atoms with Crippen molar-refractivity contribution in [2.24, 2.45) is 5.73 Å². The molecule has 1 aromatic heterocycles. The summed E-state index contributed by atoms with van der Waals surface area (Å²) in [6.45, 7) is 2.09. The van der Waals surface area contributed by atoms with Crippen molar-refractivity contribution < 1.29 is 0 Å². The average Bonchev–Trinajstić information content (AvgIpc) is 2.75. The second-order valence-electron chi connectivity index (χ2n) is 4.25. The smallest absolute Gasteiger partial charge is 0.0790 e. The minimum absolute atomic E-state index is 0.157. The lowest BCUT2D eigenvalue weighted by atomic mass is 10.0. The van der Waals surface area contributed by atoms with Crippen molar-refractivity contribution in [3.8, 4) is 5.69 Å². The van der Waals surface area contributed by atoms with E-state index in [2.05, 4.69) is 34.0 Å². The van der Waals surface area contributed by atoms with Gasteiger partial charge in [-0.15, -0.1) is 0 Å². The molecule has 1 unspecified atom stereocenters. The lowest BCUT2D eigenvalue weighted by Gasteiger charge is -2.14. The molecule has 0 radical (unpaired) electrons. The highest BCUT2D eigenvalue weighted by Crippen LogP contribution is 2.22. The second-order valence-corrected chi connectivity index (χ2v) is 5.60. The molecule has 0 fully saturated rings. The Morgan fingerprint density at radius 1 is 1.50 bits per heavy atom. The summed E-state index contributed by atoms with van der Waals surface area (Å²) >= 11 is 9.40. The summed E-state index contributed by atoms with van der Waals surface area (Å²) in [7, 11) is 0. The number of hydrogen-bond acceptors (Lipinski definition) is 2. The summed E-state index contributed by atoms with van der Waals surface area (Å²) in [4.78, 5) is 0. The summed E-state index contributed by atoms with van der Waals surface area (Å²) in [6, 6.07) is 6.25. The monoisotopic (exact) mass is 327 g/mol. The SMILES string of the molecule is CCC(N)Cc1cc(Br)ccc1-n1cc(Cl)cn1. The summed E-state index contributed by atoms with van der Waals surface area (Å²) in [6.07, 6.45) is 5.20. The minimum atomic E-state index is 0.157. The second kappa shape index (κ2) is 5.87. The molecule has 1 aromatic carbocycles. The lowest BCUT2D eigenvalue weighted by Crippen LogP contribution is -2.22. The van der Waals surface area contributed by atoms with E-state index in [4.69, 9.17) is 17.3 Å². The van der Waals surface area contributed by atoms with E-state index in [1.54, 1.807) is 17.1 Å². The maximum atomic E-state index is 6.04. The molecule has 1 heterocycles. The van der Waals surface area contributed by atoms with Crippen molar-refractivity contribution in [1.29, 1.82) is 0 Å². The molecule has 0 bridgehead atoms. The maximum Gasteiger partial charge on any atom is 0.0790 e. The van der Waals surface area contributed by atoms with Gasteiger partial charge in [0, 0.05) is 16.7 Å². The van der Waals surface area contributed by atoms with E-state index in [9.17, 15) is 0 Å². The Labute approximate surface area is 120 Å². The third kappa shape index (κ3) is 3.13. The Bertz CT molecular complexity index is 539.